The molecule has 16 heavy (non-hydrogen) atoms. The van der Waals surface area contributed by atoms with Gasteiger partial charge in [0.15, 0.2) is 0 Å². The van der Waals surface area contributed by atoms with E-state index in [0.29, 0.717) is 18.8 Å². The van der Waals surface area contributed by atoms with E-state index >= 15 is 0 Å². The van der Waals surface area contributed by atoms with Crippen molar-refractivity contribution in [2.75, 3.05) is 18.2 Å². The average Bonchev–Trinajstić information content (AvgIpc) is 2.69. The molecule has 0 aliphatic rings. The van der Waals surface area contributed by atoms with Gasteiger partial charge in [0, 0.05) is 24.2 Å². The molecular weight excluding hydrogens is 268 g/mol. The zero-order valence-corrected chi connectivity index (χ0v) is 11.4. The SMILES string of the molecule is CC(CCl)CS(=O)(=O)NCCc1cscn1. The van der Waals surface area contributed by atoms with E-state index in [1.54, 1.807) is 5.51 Å². The molecule has 92 valence electrons. The van der Waals surface area contributed by atoms with Crippen LogP contribution >= 0.6 is 22.9 Å². The van der Waals surface area contributed by atoms with E-state index in [0.717, 1.165) is 5.69 Å². The van der Waals surface area contributed by atoms with Gasteiger partial charge in [-0.3, -0.25) is 0 Å². The van der Waals surface area contributed by atoms with Gasteiger partial charge in [0.05, 0.1) is 17.0 Å². The van der Waals surface area contributed by atoms with Crippen molar-refractivity contribution in [3.05, 3.63) is 16.6 Å². The second-order valence-corrected chi connectivity index (χ2v) is 6.54. The summed E-state index contributed by atoms with van der Waals surface area (Å²) in [5, 5.41) is 1.91. The fourth-order valence-electron chi connectivity index (χ4n) is 1.17. The van der Waals surface area contributed by atoms with Crippen LogP contribution in [-0.4, -0.2) is 31.6 Å². The van der Waals surface area contributed by atoms with E-state index in [-0.39, 0.29) is 11.7 Å². The predicted molar refractivity (Wildman–Crippen MR) is 67.5 cm³/mol. The monoisotopic (exact) mass is 282 g/mol. The highest BCUT2D eigenvalue weighted by Gasteiger charge is 2.14. The molecule has 1 aromatic rings. The van der Waals surface area contributed by atoms with E-state index in [1.807, 2.05) is 12.3 Å². The Bertz CT molecular complexity index is 392. The topological polar surface area (TPSA) is 59.1 Å². The summed E-state index contributed by atoms with van der Waals surface area (Å²) in [6.45, 7) is 2.20. The van der Waals surface area contributed by atoms with Crippen molar-refractivity contribution in [1.82, 2.24) is 9.71 Å². The highest BCUT2D eigenvalue weighted by molar-refractivity contribution is 7.89. The Kier molecular flexibility index (Phi) is 5.68. The molecule has 0 aliphatic heterocycles. The third-order valence-corrected chi connectivity index (χ3v) is 4.77. The summed E-state index contributed by atoms with van der Waals surface area (Å²) in [5.74, 6) is 0.402. The smallest absolute Gasteiger partial charge is 0.211 e. The molecule has 0 saturated carbocycles. The number of thiazole rings is 1. The molecule has 0 aliphatic carbocycles. The van der Waals surface area contributed by atoms with Crippen molar-refractivity contribution >= 4 is 33.0 Å². The van der Waals surface area contributed by atoms with Crippen molar-refractivity contribution in [3.8, 4) is 0 Å². The van der Waals surface area contributed by atoms with Crippen LogP contribution in [0.1, 0.15) is 12.6 Å². The standard InChI is InChI=1S/C9H15ClN2O2S2/c1-8(4-10)6-16(13,14)12-3-2-9-5-15-7-11-9/h5,7-8,12H,2-4,6H2,1H3. The first-order valence-corrected chi connectivity index (χ1v) is 8.07. The van der Waals surface area contributed by atoms with Gasteiger partial charge in [0.25, 0.3) is 0 Å². The zero-order valence-electron chi connectivity index (χ0n) is 9.02. The predicted octanol–water partition coefficient (Wildman–Crippen LogP) is 1.48. The molecule has 1 heterocycles. The average molecular weight is 283 g/mol. The molecule has 7 heteroatoms. The number of aromatic nitrogens is 1. The maximum Gasteiger partial charge on any atom is 0.211 e. The Morgan fingerprint density at radius 2 is 2.38 bits per heavy atom. The molecule has 0 fully saturated rings. The summed E-state index contributed by atoms with van der Waals surface area (Å²) < 4.78 is 25.6. The molecule has 4 nitrogen and oxygen atoms in total. The number of rotatable bonds is 7. The lowest BCUT2D eigenvalue weighted by molar-refractivity contribution is 0.568. The van der Waals surface area contributed by atoms with Gasteiger partial charge in [-0.2, -0.15) is 0 Å². The Hall–Kier alpha value is -0.170. The lowest BCUT2D eigenvalue weighted by Crippen LogP contribution is -2.31. The van der Waals surface area contributed by atoms with Gasteiger partial charge in [-0.25, -0.2) is 18.1 Å². The van der Waals surface area contributed by atoms with Crippen molar-refractivity contribution in [3.63, 3.8) is 0 Å². The molecular formula is C9H15ClN2O2S2. The van der Waals surface area contributed by atoms with Gasteiger partial charge >= 0.3 is 0 Å². The molecule has 0 radical (unpaired) electrons. The number of nitrogens with zero attached hydrogens (tertiary/aromatic N) is 1. The van der Waals surface area contributed by atoms with Gasteiger partial charge in [-0.15, -0.1) is 22.9 Å². The van der Waals surface area contributed by atoms with E-state index in [9.17, 15) is 8.42 Å². The van der Waals surface area contributed by atoms with Crippen LogP contribution in [0.2, 0.25) is 0 Å². The number of hydrogen-bond acceptors (Lipinski definition) is 4. The molecule has 1 rings (SSSR count). The zero-order chi connectivity index (χ0) is 12.0. The maximum atomic E-state index is 11.5. The minimum absolute atomic E-state index is 0.0292. The first kappa shape index (κ1) is 13.9. The van der Waals surface area contributed by atoms with E-state index < -0.39 is 10.0 Å². The second kappa shape index (κ2) is 6.54. The summed E-state index contributed by atoms with van der Waals surface area (Å²) in [6.07, 6.45) is 0.623. The maximum absolute atomic E-state index is 11.5. The normalized spacial score (nSPS) is 13.9. The molecule has 1 N–H and O–H groups in total. The fourth-order valence-corrected chi connectivity index (χ4v) is 3.40. The van der Waals surface area contributed by atoms with Crippen molar-refractivity contribution in [2.24, 2.45) is 5.92 Å². The molecule has 0 aromatic carbocycles. The highest BCUT2D eigenvalue weighted by Crippen LogP contribution is 2.03. The van der Waals surface area contributed by atoms with Crippen molar-refractivity contribution < 1.29 is 8.42 Å². The Morgan fingerprint density at radius 1 is 1.62 bits per heavy atom. The first-order chi connectivity index (χ1) is 7.53. The molecule has 0 saturated heterocycles. The lowest BCUT2D eigenvalue weighted by Gasteiger charge is -2.09. The van der Waals surface area contributed by atoms with Crippen LogP contribution in [0.5, 0.6) is 0 Å². The minimum Gasteiger partial charge on any atom is -0.250 e. The van der Waals surface area contributed by atoms with Crippen LogP contribution in [0.15, 0.2) is 10.9 Å². The molecule has 0 spiro atoms. The number of halogens is 1. The third kappa shape index (κ3) is 5.25. The fraction of sp³-hybridized carbons (Fsp3) is 0.667. The first-order valence-electron chi connectivity index (χ1n) is 4.94. The lowest BCUT2D eigenvalue weighted by atomic mass is 10.3. The quantitative estimate of drug-likeness (QED) is 0.771. The molecule has 1 unspecified atom stereocenters. The number of nitrogens with one attached hydrogen (secondary N) is 1. The Morgan fingerprint density at radius 3 is 2.94 bits per heavy atom. The van der Waals surface area contributed by atoms with Gasteiger partial charge in [0.1, 0.15) is 0 Å². The minimum atomic E-state index is -3.20. The van der Waals surface area contributed by atoms with Crippen molar-refractivity contribution in [1.29, 1.82) is 0 Å². The van der Waals surface area contributed by atoms with Crippen LogP contribution in [0.25, 0.3) is 0 Å². The van der Waals surface area contributed by atoms with Gasteiger partial charge < -0.3 is 0 Å². The summed E-state index contributed by atoms with van der Waals surface area (Å²) in [7, 11) is -3.20. The van der Waals surface area contributed by atoms with Crippen LogP contribution in [0, 0.1) is 5.92 Å². The van der Waals surface area contributed by atoms with Gasteiger partial charge in [-0.05, 0) is 5.92 Å². The van der Waals surface area contributed by atoms with Gasteiger partial charge in [-0.1, -0.05) is 6.92 Å². The number of sulfonamides is 1. The largest absolute Gasteiger partial charge is 0.250 e. The Labute approximate surface area is 105 Å². The van der Waals surface area contributed by atoms with Crippen LogP contribution in [0.3, 0.4) is 0 Å². The summed E-state index contributed by atoms with van der Waals surface area (Å²) in [6, 6.07) is 0. The van der Waals surface area contributed by atoms with E-state index in [4.69, 9.17) is 11.6 Å². The number of alkyl halides is 1. The van der Waals surface area contributed by atoms with Crippen LogP contribution in [-0.2, 0) is 16.4 Å². The highest BCUT2D eigenvalue weighted by atomic mass is 35.5. The molecule has 0 bridgehead atoms. The molecule has 0 amide bonds. The van der Waals surface area contributed by atoms with Crippen LogP contribution < -0.4 is 4.72 Å². The van der Waals surface area contributed by atoms with E-state index in [2.05, 4.69) is 9.71 Å². The summed E-state index contributed by atoms with van der Waals surface area (Å²) in [4.78, 5) is 4.08. The number of hydrogen-bond donors (Lipinski definition) is 1. The molecule has 1 aromatic heterocycles. The summed E-state index contributed by atoms with van der Waals surface area (Å²) >= 11 is 7.08. The van der Waals surface area contributed by atoms with Crippen LogP contribution in [0.4, 0.5) is 0 Å². The van der Waals surface area contributed by atoms with E-state index in [1.165, 1.54) is 11.3 Å². The van der Waals surface area contributed by atoms with Crippen molar-refractivity contribution in [2.45, 2.75) is 13.3 Å². The Balaban J connectivity index is 2.31. The van der Waals surface area contributed by atoms with Gasteiger partial charge in [0.2, 0.25) is 10.0 Å². The summed E-state index contributed by atoms with van der Waals surface area (Å²) in [5.41, 5.74) is 2.65. The third-order valence-electron chi connectivity index (χ3n) is 1.95. The second-order valence-electron chi connectivity index (χ2n) is 3.67. The molecule has 1 atom stereocenters.